The maximum Gasteiger partial charge on any atom is 0.270 e. The molecule has 9 heteroatoms. The molecule has 2 heterocycles. The zero-order chi connectivity index (χ0) is 24.0. The van der Waals surface area contributed by atoms with E-state index in [1.807, 2.05) is 60.7 Å². The molecule has 0 aliphatic rings. The van der Waals surface area contributed by atoms with Gasteiger partial charge in [0.2, 0.25) is 0 Å². The van der Waals surface area contributed by atoms with E-state index in [2.05, 4.69) is 30.8 Å². The van der Waals surface area contributed by atoms with Gasteiger partial charge in [-0.1, -0.05) is 42.5 Å². The van der Waals surface area contributed by atoms with Crippen LogP contribution in [0.5, 0.6) is 0 Å². The van der Waals surface area contributed by atoms with Gasteiger partial charge < -0.3 is 10.6 Å². The molecule has 0 spiro atoms. The van der Waals surface area contributed by atoms with Gasteiger partial charge in [0, 0.05) is 40.7 Å². The Labute approximate surface area is 200 Å². The van der Waals surface area contributed by atoms with Crippen LogP contribution in [-0.4, -0.2) is 25.1 Å². The Bertz CT molecular complexity index is 1460. The molecule has 5 rings (SSSR count). The lowest BCUT2D eigenvalue weighted by Gasteiger charge is -2.09. The number of hydrogen-bond acceptors (Lipinski definition) is 8. The van der Waals surface area contributed by atoms with Gasteiger partial charge in [-0.05, 0) is 36.4 Å². The van der Waals surface area contributed by atoms with Crippen molar-refractivity contribution in [1.82, 2.24) is 20.2 Å². The van der Waals surface area contributed by atoms with Gasteiger partial charge in [-0.2, -0.15) is 0 Å². The molecule has 0 fully saturated rings. The number of anilines is 4. The Morgan fingerprint density at radius 1 is 0.629 bits per heavy atom. The van der Waals surface area contributed by atoms with Crippen molar-refractivity contribution in [2.24, 2.45) is 0 Å². The average Bonchev–Trinajstić information content (AvgIpc) is 2.91. The first kappa shape index (κ1) is 21.7. The Kier molecular flexibility index (Phi) is 6.03. The molecule has 0 bridgehead atoms. The zero-order valence-electron chi connectivity index (χ0n) is 18.4. The lowest BCUT2D eigenvalue weighted by atomic mass is 10.1. The van der Waals surface area contributed by atoms with Crippen molar-refractivity contribution in [2.75, 3.05) is 10.6 Å². The predicted molar refractivity (Wildman–Crippen MR) is 135 cm³/mol. The molecule has 0 aliphatic heterocycles. The minimum absolute atomic E-state index is 0.0125. The number of benzene rings is 3. The first-order chi connectivity index (χ1) is 17.1. The Morgan fingerprint density at radius 3 is 2.03 bits per heavy atom. The van der Waals surface area contributed by atoms with Crippen LogP contribution >= 0.6 is 0 Å². The van der Waals surface area contributed by atoms with Crippen LogP contribution in [0.2, 0.25) is 0 Å². The Hall–Kier alpha value is -5.18. The molecule has 0 unspecified atom stereocenters. The highest BCUT2D eigenvalue weighted by Crippen LogP contribution is 2.25. The van der Waals surface area contributed by atoms with Gasteiger partial charge in [0.05, 0.1) is 16.3 Å². The number of non-ortho nitro benzene ring substituents is 1. The van der Waals surface area contributed by atoms with Crippen molar-refractivity contribution in [2.45, 2.75) is 0 Å². The summed E-state index contributed by atoms with van der Waals surface area (Å²) in [6.07, 6.45) is 1.54. The third-order valence-corrected chi connectivity index (χ3v) is 5.18. The van der Waals surface area contributed by atoms with E-state index in [0.717, 1.165) is 22.6 Å². The van der Waals surface area contributed by atoms with Crippen molar-refractivity contribution < 1.29 is 4.92 Å². The average molecular weight is 461 g/mol. The quantitative estimate of drug-likeness (QED) is 0.224. The maximum atomic E-state index is 11.0. The molecular weight excluding hydrogens is 442 g/mol. The fourth-order valence-electron chi connectivity index (χ4n) is 3.46. The topological polar surface area (TPSA) is 119 Å². The van der Waals surface area contributed by atoms with Gasteiger partial charge in [-0.15, -0.1) is 10.2 Å². The van der Waals surface area contributed by atoms with Crippen molar-refractivity contribution in [1.29, 1.82) is 0 Å². The highest BCUT2D eigenvalue weighted by molar-refractivity contribution is 5.68. The van der Waals surface area contributed by atoms with E-state index >= 15 is 0 Å². The van der Waals surface area contributed by atoms with E-state index in [1.165, 1.54) is 18.5 Å². The molecule has 170 valence electrons. The molecule has 0 radical (unpaired) electrons. The van der Waals surface area contributed by atoms with Gasteiger partial charge in [0.15, 0.2) is 5.82 Å². The summed E-state index contributed by atoms with van der Waals surface area (Å²) < 4.78 is 0. The monoisotopic (exact) mass is 461 g/mol. The summed E-state index contributed by atoms with van der Waals surface area (Å²) in [5, 5.41) is 25.9. The molecule has 0 aliphatic carbocycles. The second-order valence-corrected chi connectivity index (χ2v) is 7.59. The Balaban J connectivity index is 1.24. The number of hydrogen-bond donors (Lipinski definition) is 2. The van der Waals surface area contributed by atoms with Crippen LogP contribution in [0.25, 0.3) is 22.5 Å². The molecule has 2 N–H and O–H groups in total. The van der Waals surface area contributed by atoms with Gasteiger partial charge in [0.25, 0.3) is 5.69 Å². The lowest BCUT2D eigenvalue weighted by molar-refractivity contribution is -0.384. The number of aromatic nitrogens is 4. The SMILES string of the molecule is O=[N+]([O-])c1cccc(-c2ccc(Nc3ccc(Nc4cc(-c5ccccc5)ncn4)cc3)nn2)c1. The van der Waals surface area contributed by atoms with Crippen molar-refractivity contribution in [3.05, 3.63) is 114 Å². The third kappa shape index (κ3) is 5.25. The zero-order valence-corrected chi connectivity index (χ0v) is 18.4. The second kappa shape index (κ2) is 9.75. The van der Waals surface area contributed by atoms with Gasteiger partial charge in [0.1, 0.15) is 12.1 Å². The van der Waals surface area contributed by atoms with Crippen LogP contribution in [0, 0.1) is 10.1 Å². The highest BCUT2D eigenvalue weighted by Gasteiger charge is 2.09. The van der Waals surface area contributed by atoms with Gasteiger partial charge in [-0.25, -0.2) is 9.97 Å². The van der Waals surface area contributed by atoms with E-state index in [1.54, 1.807) is 24.3 Å². The molecule has 0 saturated carbocycles. The predicted octanol–water partition coefficient (Wildman–Crippen LogP) is 6.00. The van der Waals surface area contributed by atoms with E-state index in [9.17, 15) is 10.1 Å². The fourth-order valence-corrected chi connectivity index (χ4v) is 3.46. The normalized spacial score (nSPS) is 10.5. The van der Waals surface area contributed by atoms with E-state index in [4.69, 9.17) is 0 Å². The number of nitrogens with zero attached hydrogens (tertiary/aromatic N) is 5. The minimum Gasteiger partial charge on any atom is -0.340 e. The molecular formula is C26H19N7O2. The summed E-state index contributed by atoms with van der Waals surface area (Å²) >= 11 is 0. The molecule has 0 saturated heterocycles. The second-order valence-electron chi connectivity index (χ2n) is 7.59. The number of nitro groups is 1. The summed E-state index contributed by atoms with van der Waals surface area (Å²) in [5.74, 6) is 1.25. The van der Waals surface area contributed by atoms with Crippen LogP contribution in [0.3, 0.4) is 0 Å². The number of nitro benzene ring substituents is 1. The molecule has 0 atom stereocenters. The van der Waals surface area contributed by atoms with Crippen LogP contribution in [0.1, 0.15) is 0 Å². The minimum atomic E-state index is -0.432. The molecule has 35 heavy (non-hydrogen) atoms. The summed E-state index contributed by atoms with van der Waals surface area (Å²) in [6.45, 7) is 0. The fraction of sp³-hybridized carbons (Fsp3) is 0. The summed E-state index contributed by atoms with van der Waals surface area (Å²) in [7, 11) is 0. The molecule has 5 aromatic rings. The highest BCUT2D eigenvalue weighted by atomic mass is 16.6. The van der Waals surface area contributed by atoms with Crippen LogP contribution in [0.4, 0.5) is 28.7 Å². The summed E-state index contributed by atoms with van der Waals surface area (Å²) in [5.41, 5.74) is 4.77. The van der Waals surface area contributed by atoms with E-state index < -0.39 is 4.92 Å². The first-order valence-electron chi connectivity index (χ1n) is 10.7. The number of rotatable bonds is 7. The van der Waals surface area contributed by atoms with Crippen molar-refractivity contribution in [3.8, 4) is 22.5 Å². The van der Waals surface area contributed by atoms with Crippen LogP contribution in [0.15, 0.2) is 103 Å². The summed E-state index contributed by atoms with van der Waals surface area (Å²) in [6, 6.07) is 29.4. The first-order valence-corrected chi connectivity index (χ1v) is 10.7. The maximum absolute atomic E-state index is 11.0. The number of nitrogens with one attached hydrogen (secondary N) is 2. The summed E-state index contributed by atoms with van der Waals surface area (Å²) in [4.78, 5) is 19.2. The lowest BCUT2D eigenvalue weighted by Crippen LogP contribution is -1.98. The van der Waals surface area contributed by atoms with E-state index in [0.29, 0.717) is 22.9 Å². The molecule has 9 nitrogen and oxygen atoms in total. The Morgan fingerprint density at radius 2 is 1.34 bits per heavy atom. The largest absolute Gasteiger partial charge is 0.340 e. The molecule has 3 aromatic carbocycles. The van der Waals surface area contributed by atoms with Crippen LogP contribution < -0.4 is 10.6 Å². The van der Waals surface area contributed by atoms with Crippen molar-refractivity contribution >= 4 is 28.7 Å². The van der Waals surface area contributed by atoms with Crippen molar-refractivity contribution in [3.63, 3.8) is 0 Å². The van der Waals surface area contributed by atoms with Gasteiger partial charge in [-0.3, -0.25) is 10.1 Å². The standard InChI is InChI=1S/C26H19N7O2/c34-33(35)22-8-4-7-19(15-22)23-13-14-25(32-31-23)29-20-9-11-21(12-10-20)30-26-16-24(27-17-28-26)18-5-2-1-3-6-18/h1-17H,(H,29,32)(H,27,28,30). The smallest absolute Gasteiger partial charge is 0.270 e. The van der Waals surface area contributed by atoms with Crippen LogP contribution in [-0.2, 0) is 0 Å². The third-order valence-electron chi connectivity index (χ3n) is 5.18. The molecule has 2 aromatic heterocycles. The van der Waals surface area contributed by atoms with E-state index in [-0.39, 0.29) is 5.69 Å². The van der Waals surface area contributed by atoms with Gasteiger partial charge >= 0.3 is 0 Å². The molecule has 0 amide bonds.